The highest BCUT2D eigenvalue weighted by molar-refractivity contribution is 7.89. The number of rotatable bonds is 7. The van der Waals surface area contributed by atoms with Crippen LogP contribution in [0, 0.1) is 0 Å². The third-order valence-electron chi connectivity index (χ3n) is 3.13. The molecule has 1 rings (SSSR count). The zero-order valence-corrected chi connectivity index (χ0v) is 13.8. The molecule has 2 N–H and O–H groups in total. The Labute approximate surface area is 127 Å². The van der Waals surface area contributed by atoms with Crippen LogP contribution >= 0.6 is 0 Å². The molecule has 0 saturated carbocycles. The highest BCUT2D eigenvalue weighted by atomic mass is 32.2. The van der Waals surface area contributed by atoms with Crippen LogP contribution in [0.2, 0.25) is 0 Å². The monoisotopic (exact) mass is 333 g/mol. The molecule has 0 radical (unpaired) electrons. The van der Waals surface area contributed by atoms with Crippen molar-refractivity contribution in [3.8, 4) is 0 Å². The molecular formula is C13H19NO5S2. The molecule has 2 unspecified atom stereocenters. The standard InChI is InChI=1S/C13H19NO5S2/c1-4-10-5-6-11(7-12(10)13(15)16)21(18,19)14-8-9(2)20(3)17/h5-7,9,14H,4,8H2,1-3H3,(H,15,16). The minimum Gasteiger partial charge on any atom is -0.478 e. The summed E-state index contributed by atoms with van der Waals surface area (Å²) in [6, 6.07) is 4.03. The van der Waals surface area contributed by atoms with Crippen molar-refractivity contribution in [2.24, 2.45) is 0 Å². The van der Waals surface area contributed by atoms with E-state index in [4.69, 9.17) is 5.11 Å². The Morgan fingerprint density at radius 3 is 2.52 bits per heavy atom. The van der Waals surface area contributed by atoms with Crippen LogP contribution in [0.25, 0.3) is 0 Å². The zero-order chi connectivity index (χ0) is 16.2. The quantitative estimate of drug-likeness (QED) is 0.775. The number of nitrogens with one attached hydrogen (secondary N) is 1. The fourth-order valence-corrected chi connectivity index (χ4v) is 3.24. The molecule has 0 heterocycles. The van der Waals surface area contributed by atoms with Gasteiger partial charge in [0.2, 0.25) is 10.0 Å². The molecule has 0 spiro atoms. The molecule has 2 atom stereocenters. The summed E-state index contributed by atoms with van der Waals surface area (Å²) < 4.78 is 37.8. The van der Waals surface area contributed by atoms with Gasteiger partial charge in [-0.05, 0) is 31.0 Å². The minimum absolute atomic E-state index is 0.0208. The molecule has 1 aromatic rings. The van der Waals surface area contributed by atoms with Gasteiger partial charge in [-0.1, -0.05) is 13.0 Å². The number of hydrogen-bond donors (Lipinski definition) is 2. The minimum atomic E-state index is -3.82. The number of hydrogen-bond acceptors (Lipinski definition) is 4. The smallest absolute Gasteiger partial charge is 0.336 e. The normalized spacial score (nSPS) is 14.6. The summed E-state index contributed by atoms with van der Waals surface area (Å²) in [4.78, 5) is 11.1. The van der Waals surface area contributed by atoms with E-state index in [2.05, 4.69) is 4.72 Å². The maximum Gasteiger partial charge on any atom is 0.336 e. The van der Waals surface area contributed by atoms with Crippen LogP contribution in [0.4, 0.5) is 0 Å². The lowest BCUT2D eigenvalue weighted by Gasteiger charge is -2.12. The summed E-state index contributed by atoms with van der Waals surface area (Å²) in [7, 11) is -4.96. The average molecular weight is 333 g/mol. The maximum absolute atomic E-state index is 12.1. The van der Waals surface area contributed by atoms with E-state index < -0.39 is 26.8 Å². The first-order valence-electron chi connectivity index (χ1n) is 6.37. The molecule has 0 amide bonds. The van der Waals surface area contributed by atoms with Gasteiger partial charge in [0.25, 0.3) is 0 Å². The molecule has 118 valence electrons. The Kier molecular flexibility index (Phi) is 6.06. The van der Waals surface area contributed by atoms with Gasteiger partial charge in [-0.15, -0.1) is 0 Å². The molecule has 21 heavy (non-hydrogen) atoms. The van der Waals surface area contributed by atoms with Crippen LogP contribution in [-0.4, -0.2) is 41.8 Å². The van der Waals surface area contributed by atoms with Gasteiger partial charge in [0.1, 0.15) is 0 Å². The largest absolute Gasteiger partial charge is 0.478 e. The maximum atomic E-state index is 12.1. The van der Waals surface area contributed by atoms with Gasteiger partial charge >= 0.3 is 5.97 Å². The second-order valence-electron chi connectivity index (χ2n) is 4.64. The van der Waals surface area contributed by atoms with Crippen molar-refractivity contribution in [1.82, 2.24) is 4.72 Å². The predicted octanol–water partition coefficient (Wildman–Crippen LogP) is 0.992. The van der Waals surface area contributed by atoms with Gasteiger partial charge in [-0.2, -0.15) is 0 Å². The number of aryl methyl sites for hydroxylation is 1. The number of carbonyl (C=O) groups is 1. The van der Waals surface area contributed by atoms with Crippen LogP contribution in [0.1, 0.15) is 29.8 Å². The SMILES string of the molecule is CCc1ccc(S(=O)(=O)NCC(C)S(C)=O)cc1C(=O)O. The first-order chi connectivity index (χ1) is 9.69. The first kappa shape index (κ1) is 17.8. The number of sulfonamides is 1. The van der Waals surface area contributed by atoms with Crippen LogP contribution < -0.4 is 4.72 Å². The van der Waals surface area contributed by atoms with E-state index in [1.807, 2.05) is 0 Å². The third-order valence-corrected chi connectivity index (χ3v) is 5.85. The molecule has 0 saturated heterocycles. The average Bonchev–Trinajstić information content (AvgIpc) is 2.43. The van der Waals surface area contributed by atoms with Crippen molar-refractivity contribution >= 4 is 26.8 Å². The number of carboxylic acid groups (broad SMARTS) is 1. The van der Waals surface area contributed by atoms with Crippen LogP contribution in [0.3, 0.4) is 0 Å². The lowest BCUT2D eigenvalue weighted by atomic mass is 10.1. The van der Waals surface area contributed by atoms with Crippen LogP contribution in [0.5, 0.6) is 0 Å². The van der Waals surface area contributed by atoms with E-state index in [1.165, 1.54) is 18.4 Å². The Morgan fingerprint density at radius 2 is 2.05 bits per heavy atom. The van der Waals surface area contributed by atoms with Crippen molar-refractivity contribution in [3.63, 3.8) is 0 Å². The fourth-order valence-electron chi connectivity index (χ4n) is 1.66. The molecule has 1 aromatic carbocycles. The van der Waals surface area contributed by atoms with Crippen molar-refractivity contribution in [2.45, 2.75) is 30.4 Å². The molecule has 0 bridgehead atoms. The lowest BCUT2D eigenvalue weighted by Crippen LogP contribution is -2.32. The van der Waals surface area contributed by atoms with Crippen molar-refractivity contribution < 1.29 is 22.5 Å². The zero-order valence-electron chi connectivity index (χ0n) is 12.1. The Balaban J connectivity index is 3.06. The van der Waals surface area contributed by atoms with Gasteiger partial charge in [-0.25, -0.2) is 17.9 Å². The van der Waals surface area contributed by atoms with E-state index in [0.29, 0.717) is 12.0 Å². The van der Waals surface area contributed by atoms with Gasteiger partial charge < -0.3 is 5.11 Å². The number of carboxylic acids is 1. The molecule has 0 aromatic heterocycles. The topological polar surface area (TPSA) is 101 Å². The molecule has 8 heteroatoms. The van der Waals surface area contributed by atoms with E-state index in [1.54, 1.807) is 13.8 Å². The van der Waals surface area contributed by atoms with E-state index in [9.17, 15) is 17.4 Å². The molecule has 0 aliphatic carbocycles. The fraction of sp³-hybridized carbons (Fsp3) is 0.462. The summed E-state index contributed by atoms with van der Waals surface area (Å²) in [6.07, 6.45) is 2.00. The summed E-state index contributed by atoms with van der Waals surface area (Å²) in [6.45, 7) is 3.50. The van der Waals surface area contributed by atoms with Gasteiger partial charge in [-0.3, -0.25) is 4.21 Å². The molecule has 0 fully saturated rings. The van der Waals surface area contributed by atoms with Crippen molar-refractivity contribution in [1.29, 1.82) is 0 Å². The van der Waals surface area contributed by atoms with Gasteiger partial charge in [0, 0.05) is 28.9 Å². The molecule has 0 aliphatic heterocycles. The van der Waals surface area contributed by atoms with E-state index in [0.717, 1.165) is 6.07 Å². The summed E-state index contributed by atoms with van der Waals surface area (Å²) in [5, 5.41) is 8.80. The Morgan fingerprint density at radius 1 is 1.43 bits per heavy atom. The van der Waals surface area contributed by atoms with Crippen LogP contribution in [-0.2, 0) is 27.2 Å². The second kappa shape index (κ2) is 7.15. The van der Waals surface area contributed by atoms with Crippen molar-refractivity contribution in [3.05, 3.63) is 29.3 Å². The Bertz CT molecular complexity index is 655. The first-order valence-corrected chi connectivity index (χ1v) is 9.47. The van der Waals surface area contributed by atoms with Crippen LogP contribution in [0.15, 0.2) is 23.1 Å². The number of aromatic carboxylic acids is 1. The lowest BCUT2D eigenvalue weighted by molar-refractivity contribution is 0.0695. The summed E-state index contributed by atoms with van der Waals surface area (Å²) in [5.74, 6) is -1.16. The van der Waals surface area contributed by atoms with Gasteiger partial charge in [0.05, 0.1) is 10.5 Å². The van der Waals surface area contributed by atoms with E-state index >= 15 is 0 Å². The highest BCUT2D eigenvalue weighted by Crippen LogP contribution is 2.17. The second-order valence-corrected chi connectivity index (χ2v) is 8.21. The molecule has 0 aliphatic rings. The Hall–Kier alpha value is -1.25. The van der Waals surface area contributed by atoms with E-state index in [-0.39, 0.29) is 22.3 Å². The van der Waals surface area contributed by atoms with Gasteiger partial charge in [0.15, 0.2) is 0 Å². The summed E-state index contributed by atoms with van der Waals surface area (Å²) >= 11 is 0. The summed E-state index contributed by atoms with van der Waals surface area (Å²) in [5.41, 5.74) is 0.553. The van der Waals surface area contributed by atoms with Crippen molar-refractivity contribution in [2.75, 3.05) is 12.8 Å². The number of benzene rings is 1. The predicted molar refractivity (Wildman–Crippen MR) is 81.5 cm³/mol. The third kappa shape index (κ3) is 4.62. The highest BCUT2D eigenvalue weighted by Gasteiger charge is 2.19. The molecule has 6 nitrogen and oxygen atoms in total. The molecular weight excluding hydrogens is 314 g/mol.